The average Bonchev–Trinajstić information content (AvgIpc) is 3.61. The van der Waals surface area contributed by atoms with E-state index in [0.717, 1.165) is 15.6 Å². The van der Waals surface area contributed by atoms with Gasteiger partial charge in [-0.05, 0) is 59.6 Å². The molecule has 5 heterocycles. The number of piperidine rings is 1. The van der Waals surface area contributed by atoms with Crippen LogP contribution in [-0.4, -0.2) is 80.2 Å². The number of likely N-dealkylation sites (tertiary alicyclic amines) is 1. The van der Waals surface area contributed by atoms with E-state index >= 15 is 13.2 Å². The largest absolute Gasteiger partial charge is 0.444 e. The molecule has 0 aliphatic carbocycles. The number of anilines is 1. The number of aromatic amines is 1. The molecule has 1 atom stereocenters. The number of nitrogens with one attached hydrogen (secondary N) is 1. The minimum atomic E-state index is -4.71. The summed E-state index contributed by atoms with van der Waals surface area (Å²) in [6.07, 6.45) is -2.75. The third-order valence-electron chi connectivity index (χ3n) is 8.28. The molecule has 10 nitrogen and oxygen atoms in total. The van der Waals surface area contributed by atoms with E-state index in [9.17, 15) is 4.79 Å². The fourth-order valence-electron chi connectivity index (χ4n) is 6.19. The van der Waals surface area contributed by atoms with Gasteiger partial charge < -0.3 is 24.3 Å². The maximum absolute atomic E-state index is 15.0. The van der Waals surface area contributed by atoms with Gasteiger partial charge in [0.25, 0.3) is 0 Å². The van der Waals surface area contributed by atoms with E-state index in [1.807, 2.05) is 37.4 Å². The van der Waals surface area contributed by atoms with Crippen molar-refractivity contribution in [2.24, 2.45) is 0 Å². The highest BCUT2D eigenvalue weighted by atomic mass is 19.4. The lowest BCUT2D eigenvalue weighted by Crippen LogP contribution is -2.44. The van der Waals surface area contributed by atoms with Crippen molar-refractivity contribution in [3.63, 3.8) is 0 Å². The second kappa shape index (κ2) is 11.7. The molecular formula is C32H38F3N7O3. The lowest BCUT2D eigenvalue weighted by atomic mass is 10.0. The Bertz CT molecular complexity index is 1700. The molecule has 240 valence electrons. The van der Waals surface area contributed by atoms with Gasteiger partial charge in [0.05, 0.1) is 42.2 Å². The van der Waals surface area contributed by atoms with Crippen LogP contribution in [0.25, 0.3) is 33.5 Å². The quantitative estimate of drug-likeness (QED) is 0.272. The molecule has 1 N–H and O–H groups in total. The van der Waals surface area contributed by atoms with Gasteiger partial charge in [0, 0.05) is 48.4 Å². The number of alkyl halides is 3. The molecule has 4 aromatic rings. The number of H-pyrrole nitrogens is 1. The van der Waals surface area contributed by atoms with Crippen LogP contribution in [0.5, 0.6) is 0 Å². The first-order chi connectivity index (χ1) is 21.3. The van der Waals surface area contributed by atoms with Gasteiger partial charge in [-0.2, -0.15) is 18.3 Å². The number of amides is 1. The third-order valence-corrected chi connectivity index (χ3v) is 8.28. The highest BCUT2D eigenvalue weighted by Gasteiger charge is 2.43. The molecule has 2 aliphatic heterocycles. The normalized spacial score (nSPS) is 18.5. The highest BCUT2D eigenvalue weighted by molar-refractivity contribution is 5.93. The molecule has 2 fully saturated rings. The summed E-state index contributed by atoms with van der Waals surface area (Å²) in [5, 5.41) is 5.34. The zero-order valence-electron chi connectivity index (χ0n) is 26.1. The summed E-state index contributed by atoms with van der Waals surface area (Å²) in [7, 11) is 0. The fraction of sp³-hybridized carbons (Fsp3) is 0.500. The van der Waals surface area contributed by atoms with Crippen LogP contribution in [0.1, 0.15) is 58.0 Å². The van der Waals surface area contributed by atoms with Crippen LogP contribution < -0.4 is 4.90 Å². The van der Waals surface area contributed by atoms with Gasteiger partial charge in [0.15, 0.2) is 11.5 Å². The van der Waals surface area contributed by atoms with Crippen LogP contribution in [-0.2, 0) is 15.7 Å². The van der Waals surface area contributed by atoms with Crippen LogP contribution in [0.4, 0.5) is 23.8 Å². The Labute approximate surface area is 259 Å². The molecule has 0 bridgehead atoms. The van der Waals surface area contributed by atoms with Crippen molar-refractivity contribution in [3.8, 4) is 22.6 Å². The first-order valence-electron chi connectivity index (χ1n) is 15.2. The standard InChI is InChI=1S/C32H38F3N7O3/c1-19-18-44-16-15-41(19)26-17-25(37-29(38-26)23-7-6-8-24-22(23)9-12-36-24)27-20(2)39-42(28(27)32(33,34)35)21-10-13-40(14-11-21)30(43)45-31(3,4)5/h6-9,12,17,19,21,36H,10-11,13-16,18H2,1-5H3/t19-/m1/s1. The molecule has 1 amide bonds. The molecule has 0 radical (unpaired) electrons. The fourth-order valence-corrected chi connectivity index (χ4v) is 6.19. The lowest BCUT2D eigenvalue weighted by Gasteiger charge is -2.34. The van der Waals surface area contributed by atoms with E-state index in [2.05, 4.69) is 15.0 Å². The van der Waals surface area contributed by atoms with E-state index in [1.54, 1.807) is 38.7 Å². The lowest BCUT2D eigenvalue weighted by molar-refractivity contribution is -0.144. The average molecular weight is 626 g/mol. The minimum Gasteiger partial charge on any atom is -0.444 e. The molecular weight excluding hydrogens is 587 g/mol. The number of carbonyl (C=O) groups is 1. The number of halogens is 3. The van der Waals surface area contributed by atoms with Gasteiger partial charge in [-0.1, -0.05) is 12.1 Å². The van der Waals surface area contributed by atoms with Gasteiger partial charge in [0.2, 0.25) is 0 Å². The van der Waals surface area contributed by atoms with Crippen LogP contribution >= 0.6 is 0 Å². The summed E-state index contributed by atoms with van der Waals surface area (Å²) in [6.45, 7) is 11.0. The van der Waals surface area contributed by atoms with Gasteiger partial charge in [-0.3, -0.25) is 4.68 Å². The number of nitrogens with zero attached hydrogens (tertiary/aromatic N) is 6. The minimum absolute atomic E-state index is 0.0292. The number of aryl methyl sites for hydroxylation is 1. The zero-order chi connectivity index (χ0) is 32.1. The van der Waals surface area contributed by atoms with Crippen LogP contribution in [0.3, 0.4) is 0 Å². The van der Waals surface area contributed by atoms with Crippen LogP contribution in [0.2, 0.25) is 0 Å². The van der Waals surface area contributed by atoms with E-state index in [0.29, 0.717) is 49.8 Å². The Morgan fingerprint density at radius 1 is 1.09 bits per heavy atom. The molecule has 2 saturated heterocycles. The molecule has 3 aromatic heterocycles. The topological polar surface area (TPSA) is 101 Å². The first-order valence-corrected chi connectivity index (χ1v) is 15.2. The summed E-state index contributed by atoms with van der Waals surface area (Å²) in [6, 6.07) is 8.64. The predicted octanol–water partition coefficient (Wildman–Crippen LogP) is 6.61. The Morgan fingerprint density at radius 3 is 2.53 bits per heavy atom. The molecule has 0 spiro atoms. The van der Waals surface area contributed by atoms with Gasteiger partial charge in [0.1, 0.15) is 11.4 Å². The van der Waals surface area contributed by atoms with E-state index < -0.39 is 29.6 Å². The van der Waals surface area contributed by atoms with E-state index in [-0.39, 0.29) is 36.1 Å². The Hall–Kier alpha value is -4.13. The first kappa shape index (κ1) is 30.9. The van der Waals surface area contributed by atoms with Crippen molar-refractivity contribution in [1.29, 1.82) is 0 Å². The second-order valence-corrected chi connectivity index (χ2v) is 12.7. The predicted molar refractivity (Wildman–Crippen MR) is 164 cm³/mol. The van der Waals surface area contributed by atoms with Crippen LogP contribution in [0.15, 0.2) is 36.5 Å². The van der Waals surface area contributed by atoms with Gasteiger partial charge in [-0.15, -0.1) is 0 Å². The number of ether oxygens (including phenoxy) is 2. The summed E-state index contributed by atoms with van der Waals surface area (Å²) in [4.78, 5) is 29.0. The molecule has 45 heavy (non-hydrogen) atoms. The number of benzene rings is 1. The molecule has 0 unspecified atom stereocenters. The number of hydrogen-bond donors (Lipinski definition) is 1. The van der Waals surface area contributed by atoms with E-state index in [4.69, 9.17) is 19.4 Å². The van der Waals surface area contributed by atoms with Crippen molar-refractivity contribution in [2.75, 3.05) is 37.7 Å². The third kappa shape index (κ3) is 6.22. The smallest absolute Gasteiger partial charge is 0.433 e. The Balaban J connectivity index is 1.44. The van der Waals surface area contributed by atoms with Crippen molar-refractivity contribution in [1.82, 2.24) is 29.6 Å². The highest BCUT2D eigenvalue weighted by Crippen LogP contribution is 2.43. The molecule has 6 rings (SSSR count). The molecule has 13 heteroatoms. The van der Waals surface area contributed by atoms with Crippen molar-refractivity contribution < 1.29 is 27.4 Å². The Kier molecular flexibility index (Phi) is 8.00. The van der Waals surface area contributed by atoms with Crippen molar-refractivity contribution >= 4 is 22.8 Å². The SMILES string of the molecule is Cc1nn(C2CCN(C(=O)OC(C)(C)C)CC2)c(C(F)(F)F)c1-c1cc(N2CCOC[C@H]2C)nc(-c2cccc3[nH]ccc23)n1. The monoisotopic (exact) mass is 625 g/mol. The van der Waals surface area contributed by atoms with Gasteiger partial charge in [-0.25, -0.2) is 14.8 Å². The second-order valence-electron chi connectivity index (χ2n) is 12.7. The number of carbonyl (C=O) groups excluding carboxylic acids is 1. The summed E-state index contributed by atoms with van der Waals surface area (Å²) in [5.41, 5.74) is 0.397. The summed E-state index contributed by atoms with van der Waals surface area (Å²) in [5.74, 6) is 0.863. The zero-order valence-corrected chi connectivity index (χ0v) is 26.1. The maximum Gasteiger partial charge on any atom is 0.433 e. The van der Waals surface area contributed by atoms with Crippen molar-refractivity contribution in [3.05, 3.63) is 47.9 Å². The van der Waals surface area contributed by atoms with E-state index in [1.165, 1.54) is 0 Å². The molecule has 1 aromatic carbocycles. The number of rotatable bonds is 4. The number of morpholine rings is 1. The number of aromatic nitrogens is 5. The van der Waals surface area contributed by atoms with Gasteiger partial charge >= 0.3 is 12.3 Å². The Morgan fingerprint density at radius 2 is 1.84 bits per heavy atom. The maximum atomic E-state index is 15.0. The van der Waals surface area contributed by atoms with Crippen LogP contribution in [0, 0.1) is 6.92 Å². The summed E-state index contributed by atoms with van der Waals surface area (Å²) >= 11 is 0. The van der Waals surface area contributed by atoms with Crippen molar-refractivity contribution in [2.45, 2.75) is 71.3 Å². The molecule has 2 aliphatic rings. The number of hydrogen-bond acceptors (Lipinski definition) is 7. The molecule has 0 saturated carbocycles. The number of fused-ring (bicyclic) bond motifs is 1. The summed E-state index contributed by atoms with van der Waals surface area (Å²) < 4.78 is 57.3.